The van der Waals surface area contributed by atoms with Crippen LogP contribution in [-0.4, -0.2) is 26.9 Å². The molecule has 0 radical (unpaired) electrons. The van der Waals surface area contributed by atoms with Gasteiger partial charge in [-0.2, -0.15) is 0 Å². The van der Waals surface area contributed by atoms with E-state index in [4.69, 9.17) is 9.47 Å². The van der Waals surface area contributed by atoms with E-state index >= 15 is 0 Å². The first kappa shape index (κ1) is 15.3. The summed E-state index contributed by atoms with van der Waals surface area (Å²) in [4.78, 5) is 0. The Kier molecular flexibility index (Phi) is 5.44. The van der Waals surface area contributed by atoms with Gasteiger partial charge in [0.2, 0.25) is 0 Å². The highest BCUT2D eigenvalue weighted by molar-refractivity contribution is 5.45. The normalized spacial score (nSPS) is 20.1. The number of methoxy groups -OCH3 is 1. The van der Waals surface area contributed by atoms with Crippen molar-refractivity contribution < 1.29 is 9.47 Å². The summed E-state index contributed by atoms with van der Waals surface area (Å²) in [6.45, 7) is 5.21. The van der Waals surface area contributed by atoms with E-state index in [0.717, 1.165) is 25.2 Å². The Morgan fingerprint density at radius 2 is 2.20 bits per heavy atom. The maximum atomic E-state index is 5.73. The molecule has 2 atom stereocenters. The lowest BCUT2D eigenvalue weighted by molar-refractivity contribution is 0.0997. The van der Waals surface area contributed by atoms with Crippen molar-refractivity contribution in [1.82, 2.24) is 5.32 Å². The van der Waals surface area contributed by atoms with Crippen molar-refractivity contribution in [1.29, 1.82) is 0 Å². The first-order chi connectivity index (χ1) is 9.65. The van der Waals surface area contributed by atoms with E-state index in [1.54, 1.807) is 7.11 Å². The van der Waals surface area contributed by atoms with Gasteiger partial charge in [-0.15, -0.1) is 0 Å². The molecule has 1 heterocycles. The van der Waals surface area contributed by atoms with Gasteiger partial charge in [-0.3, -0.25) is 0 Å². The molecule has 0 aliphatic carbocycles. The highest BCUT2D eigenvalue weighted by Gasteiger charge is 2.21. The van der Waals surface area contributed by atoms with Gasteiger partial charge in [0, 0.05) is 18.2 Å². The Labute approximate surface area is 122 Å². The third-order valence-electron chi connectivity index (χ3n) is 4.21. The molecular formula is C17H27NO2. The highest BCUT2D eigenvalue weighted by atomic mass is 16.5. The zero-order valence-electron chi connectivity index (χ0n) is 13.2. The van der Waals surface area contributed by atoms with Crippen molar-refractivity contribution in [3.05, 3.63) is 28.8 Å². The Hall–Kier alpha value is -1.06. The molecule has 1 fully saturated rings. The monoisotopic (exact) mass is 277 g/mol. The molecule has 1 aromatic carbocycles. The van der Waals surface area contributed by atoms with E-state index in [1.807, 2.05) is 7.05 Å². The summed E-state index contributed by atoms with van der Waals surface area (Å²) in [6, 6.07) is 4.68. The Morgan fingerprint density at radius 3 is 2.80 bits per heavy atom. The molecule has 0 saturated carbocycles. The molecule has 1 N–H and O–H groups in total. The van der Waals surface area contributed by atoms with Crippen molar-refractivity contribution in [2.24, 2.45) is 0 Å². The van der Waals surface area contributed by atoms with Gasteiger partial charge >= 0.3 is 0 Å². The summed E-state index contributed by atoms with van der Waals surface area (Å²) in [5.41, 5.74) is 3.84. The first-order valence-electron chi connectivity index (χ1n) is 7.59. The maximum Gasteiger partial charge on any atom is 0.124 e. The Bertz CT molecular complexity index is 439. The molecule has 1 saturated heterocycles. The van der Waals surface area contributed by atoms with Crippen molar-refractivity contribution in [3.63, 3.8) is 0 Å². The van der Waals surface area contributed by atoms with Gasteiger partial charge in [0.15, 0.2) is 0 Å². The lowest BCUT2D eigenvalue weighted by atomic mass is 9.93. The molecule has 0 spiro atoms. The van der Waals surface area contributed by atoms with Gasteiger partial charge in [0.05, 0.1) is 13.2 Å². The van der Waals surface area contributed by atoms with Crippen LogP contribution in [0.15, 0.2) is 12.1 Å². The van der Waals surface area contributed by atoms with Gasteiger partial charge in [0.1, 0.15) is 5.75 Å². The number of hydrogen-bond donors (Lipinski definition) is 1. The number of benzene rings is 1. The van der Waals surface area contributed by atoms with Crippen LogP contribution in [0, 0.1) is 13.8 Å². The summed E-state index contributed by atoms with van der Waals surface area (Å²) < 4.78 is 11.3. The van der Waals surface area contributed by atoms with E-state index in [9.17, 15) is 0 Å². The summed E-state index contributed by atoms with van der Waals surface area (Å²) in [7, 11) is 3.78. The molecule has 1 aliphatic rings. The molecule has 1 aromatic rings. The minimum Gasteiger partial charge on any atom is -0.496 e. The predicted octanol–water partition coefficient (Wildman–Crippen LogP) is 3.53. The number of hydrogen-bond acceptors (Lipinski definition) is 3. The Morgan fingerprint density at radius 1 is 1.40 bits per heavy atom. The molecule has 20 heavy (non-hydrogen) atoms. The van der Waals surface area contributed by atoms with Crippen LogP contribution in [0.3, 0.4) is 0 Å². The average Bonchev–Trinajstić information content (AvgIpc) is 2.93. The van der Waals surface area contributed by atoms with Gasteiger partial charge in [-0.25, -0.2) is 0 Å². The minimum atomic E-state index is 0.328. The summed E-state index contributed by atoms with van der Waals surface area (Å²) in [6.07, 6.45) is 5.06. The van der Waals surface area contributed by atoms with E-state index in [2.05, 4.69) is 31.3 Å². The number of rotatable bonds is 6. The smallest absolute Gasteiger partial charge is 0.124 e. The van der Waals surface area contributed by atoms with Crippen molar-refractivity contribution in [2.45, 2.75) is 51.7 Å². The van der Waals surface area contributed by atoms with Crippen LogP contribution in [0.4, 0.5) is 0 Å². The third-order valence-corrected chi connectivity index (χ3v) is 4.21. The fraction of sp³-hybridized carbons (Fsp3) is 0.647. The fourth-order valence-electron chi connectivity index (χ4n) is 3.21. The maximum absolute atomic E-state index is 5.73. The second-order valence-electron chi connectivity index (χ2n) is 5.75. The lowest BCUT2D eigenvalue weighted by Gasteiger charge is -2.23. The second kappa shape index (κ2) is 7.09. The molecule has 112 valence electrons. The average molecular weight is 277 g/mol. The van der Waals surface area contributed by atoms with Crippen LogP contribution >= 0.6 is 0 Å². The zero-order chi connectivity index (χ0) is 14.5. The molecule has 0 bridgehead atoms. The lowest BCUT2D eigenvalue weighted by Crippen LogP contribution is -2.20. The van der Waals surface area contributed by atoms with Crippen LogP contribution < -0.4 is 10.1 Å². The second-order valence-corrected chi connectivity index (χ2v) is 5.75. The molecule has 2 unspecified atom stereocenters. The largest absolute Gasteiger partial charge is 0.496 e. The highest BCUT2D eigenvalue weighted by Crippen LogP contribution is 2.33. The number of nitrogens with one attached hydrogen (secondary N) is 1. The summed E-state index contributed by atoms with van der Waals surface area (Å²) in [5, 5.41) is 3.44. The van der Waals surface area contributed by atoms with Gasteiger partial charge in [-0.1, -0.05) is 6.07 Å². The van der Waals surface area contributed by atoms with Crippen LogP contribution in [0.1, 0.15) is 48.4 Å². The minimum absolute atomic E-state index is 0.328. The topological polar surface area (TPSA) is 30.5 Å². The SMILES string of the molecule is CNC(CCC1CCCO1)c1c(C)cc(C)cc1OC. The molecule has 1 aliphatic heterocycles. The molecule has 0 aromatic heterocycles. The van der Waals surface area contributed by atoms with Crippen LogP contribution in [0.25, 0.3) is 0 Å². The Balaban J connectivity index is 2.13. The van der Waals surface area contributed by atoms with Crippen LogP contribution in [-0.2, 0) is 4.74 Å². The van der Waals surface area contributed by atoms with E-state index < -0.39 is 0 Å². The molecular weight excluding hydrogens is 250 g/mol. The standard InChI is InChI=1S/C17H27NO2/c1-12-10-13(2)17(16(11-12)19-4)15(18-3)8-7-14-6-5-9-20-14/h10-11,14-15,18H,5-9H2,1-4H3. The summed E-state index contributed by atoms with van der Waals surface area (Å²) in [5.74, 6) is 0.995. The van der Waals surface area contributed by atoms with Gasteiger partial charge in [-0.05, 0) is 63.8 Å². The quantitative estimate of drug-likeness (QED) is 0.863. The number of ether oxygens (including phenoxy) is 2. The number of aryl methyl sites for hydroxylation is 2. The zero-order valence-corrected chi connectivity index (χ0v) is 13.2. The summed E-state index contributed by atoms with van der Waals surface area (Å²) >= 11 is 0. The van der Waals surface area contributed by atoms with E-state index in [-0.39, 0.29) is 0 Å². The van der Waals surface area contributed by atoms with Crippen LogP contribution in [0.5, 0.6) is 5.75 Å². The predicted molar refractivity (Wildman–Crippen MR) is 82.5 cm³/mol. The first-order valence-corrected chi connectivity index (χ1v) is 7.59. The molecule has 3 heteroatoms. The fourth-order valence-corrected chi connectivity index (χ4v) is 3.21. The van der Waals surface area contributed by atoms with E-state index in [1.165, 1.54) is 29.5 Å². The van der Waals surface area contributed by atoms with Gasteiger partial charge in [0.25, 0.3) is 0 Å². The van der Waals surface area contributed by atoms with E-state index in [0.29, 0.717) is 12.1 Å². The van der Waals surface area contributed by atoms with Gasteiger partial charge < -0.3 is 14.8 Å². The molecule has 0 amide bonds. The van der Waals surface area contributed by atoms with Crippen molar-refractivity contribution in [3.8, 4) is 5.75 Å². The van der Waals surface area contributed by atoms with Crippen molar-refractivity contribution in [2.75, 3.05) is 20.8 Å². The van der Waals surface area contributed by atoms with Crippen molar-refractivity contribution >= 4 is 0 Å². The molecule has 3 nitrogen and oxygen atoms in total. The van der Waals surface area contributed by atoms with Crippen LogP contribution in [0.2, 0.25) is 0 Å². The molecule has 2 rings (SSSR count). The third kappa shape index (κ3) is 3.53.